The topological polar surface area (TPSA) is 67.0 Å². The molecular weight excluding hydrogens is 170 g/mol. The van der Waals surface area contributed by atoms with Crippen LogP contribution >= 0.6 is 0 Å². The molecule has 1 aromatic heterocycles. The van der Waals surface area contributed by atoms with Crippen LogP contribution in [0.25, 0.3) is 0 Å². The highest BCUT2D eigenvalue weighted by Crippen LogP contribution is 1.90. The van der Waals surface area contributed by atoms with Crippen LogP contribution in [0.4, 0.5) is 5.82 Å². The molecule has 5 nitrogen and oxygen atoms in total. The van der Waals surface area contributed by atoms with Gasteiger partial charge in [-0.3, -0.25) is 4.79 Å². The number of ether oxygens (including phenoxy) is 1. The number of anilines is 1. The van der Waals surface area contributed by atoms with Gasteiger partial charge in [0.15, 0.2) is 5.82 Å². The van der Waals surface area contributed by atoms with Gasteiger partial charge in [0.05, 0.1) is 0 Å². The van der Waals surface area contributed by atoms with Gasteiger partial charge in [-0.25, -0.2) is 4.98 Å². The van der Waals surface area contributed by atoms with Crippen molar-refractivity contribution >= 4 is 5.82 Å². The number of rotatable bonds is 5. The highest BCUT2D eigenvalue weighted by Gasteiger charge is 1.96. The van der Waals surface area contributed by atoms with Gasteiger partial charge in [-0.05, 0) is 6.42 Å². The molecule has 0 saturated carbocycles. The first kappa shape index (κ1) is 9.73. The highest BCUT2D eigenvalue weighted by molar-refractivity contribution is 5.29. The second-order valence-corrected chi connectivity index (χ2v) is 2.54. The molecule has 0 amide bonds. The van der Waals surface area contributed by atoms with E-state index in [1.54, 1.807) is 13.3 Å². The maximum atomic E-state index is 11.1. The Morgan fingerprint density at radius 1 is 1.69 bits per heavy atom. The summed E-state index contributed by atoms with van der Waals surface area (Å²) in [5, 5.41) is 2.91. The minimum Gasteiger partial charge on any atom is -0.385 e. The van der Waals surface area contributed by atoms with Gasteiger partial charge in [0, 0.05) is 32.7 Å². The minimum absolute atomic E-state index is 0.195. The van der Waals surface area contributed by atoms with E-state index in [2.05, 4.69) is 15.3 Å². The van der Waals surface area contributed by atoms with Crippen molar-refractivity contribution in [2.45, 2.75) is 6.42 Å². The Kier molecular flexibility index (Phi) is 3.98. The van der Waals surface area contributed by atoms with Crippen LogP contribution in [0.2, 0.25) is 0 Å². The maximum absolute atomic E-state index is 11.1. The fraction of sp³-hybridized carbons (Fsp3) is 0.500. The van der Waals surface area contributed by atoms with Crippen molar-refractivity contribution in [3.05, 3.63) is 22.7 Å². The van der Waals surface area contributed by atoms with Crippen LogP contribution in [0.3, 0.4) is 0 Å². The number of nitrogens with one attached hydrogen (secondary N) is 2. The molecule has 0 unspecified atom stereocenters. The Labute approximate surface area is 76.2 Å². The monoisotopic (exact) mass is 183 g/mol. The lowest BCUT2D eigenvalue weighted by Crippen LogP contribution is -2.16. The van der Waals surface area contributed by atoms with Crippen molar-refractivity contribution in [3.8, 4) is 0 Å². The number of methoxy groups -OCH3 is 1. The van der Waals surface area contributed by atoms with Gasteiger partial charge in [-0.1, -0.05) is 0 Å². The number of hydrogen-bond donors (Lipinski definition) is 2. The summed E-state index contributed by atoms with van der Waals surface area (Å²) in [7, 11) is 1.65. The zero-order valence-corrected chi connectivity index (χ0v) is 7.54. The van der Waals surface area contributed by atoms with Crippen molar-refractivity contribution in [1.82, 2.24) is 9.97 Å². The third-order valence-electron chi connectivity index (χ3n) is 1.53. The van der Waals surface area contributed by atoms with E-state index < -0.39 is 0 Å². The van der Waals surface area contributed by atoms with Crippen molar-refractivity contribution < 1.29 is 4.74 Å². The van der Waals surface area contributed by atoms with Crippen LogP contribution in [0, 0.1) is 0 Å². The summed E-state index contributed by atoms with van der Waals surface area (Å²) >= 11 is 0. The van der Waals surface area contributed by atoms with Crippen LogP contribution in [0.5, 0.6) is 0 Å². The Hall–Kier alpha value is -1.36. The second kappa shape index (κ2) is 5.31. The Morgan fingerprint density at radius 2 is 2.54 bits per heavy atom. The summed E-state index contributed by atoms with van der Waals surface area (Å²) in [4.78, 5) is 17.5. The van der Waals surface area contributed by atoms with E-state index in [9.17, 15) is 4.79 Å². The average molecular weight is 183 g/mol. The molecule has 0 fully saturated rings. The summed E-state index contributed by atoms with van der Waals surface area (Å²) in [5.41, 5.74) is -0.195. The number of hydrogen-bond acceptors (Lipinski definition) is 4. The molecule has 0 aromatic carbocycles. The van der Waals surface area contributed by atoms with Gasteiger partial charge in [0.25, 0.3) is 5.56 Å². The van der Waals surface area contributed by atoms with Crippen LogP contribution in [0.1, 0.15) is 6.42 Å². The standard InChI is InChI=1S/C8H13N3O2/c1-13-6-2-3-9-7-8(12)11-5-4-10-7/h4-5H,2-3,6H2,1H3,(H,9,10)(H,11,12). The molecule has 2 N–H and O–H groups in total. The van der Waals surface area contributed by atoms with E-state index in [0.29, 0.717) is 19.0 Å². The number of H-pyrrole nitrogens is 1. The minimum atomic E-state index is -0.195. The van der Waals surface area contributed by atoms with Crippen molar-refractivity contribution in [3.63, 3.8) is 0 Å². The lowest BCUT2D eigenvalue weighted by molar-refractivity contribution is 0.197. The quantitative estimate of drug-likeness (QED) is 0.641. The van der Waals surface area contributed by atoms with Crippen LogP contribution < -0.4 is 10.9 Å². The zero-order chi connectivity index (χ0) is 9.52. The van der Waals surface area contributed by atoms with E-state index in [-0.39, 0.29) is 5.56 Å². The summed E-state index contributed by atoms with van der Waals surface area (Å²) in [6.45, 7) is 1.37. The molecule has 0 spiro atoms. The second-order valence-electron chi connectivity index (χ2n) is 2.54. The summed E-state index contributed by atoms with van der Waals surface area (Å²) in [6.07, 6.45) is 3.90. The molecule has 5 heteroatoms. The lowest BCUT2D eigenvalue weighted by atomic mass is 10.4. The van der Waals surface area contributed by atoms with Crippen molar-refractivity contribution in [2.75, 3.05) is 25.6 Å². The molecule has 1 aromatic rings. The smallest absolute Gasteiger partial charge is 0.290 e. The number of aromatic amines is 1. The molecular formula is C8H13N3O2. The van der Waals surface area contributed by atoms with Gasteiger partial charge < -0.3 is 15.0 Å². The van der Waals surface area contributed by atoms with E-state index in [0.717, 1.165) is 6.42 Å². The maximum Gasteiger partial charge on any atom is 0.290 e. The summed E-state index contributed by atoms with van der Waals surface area (Å²) in [6, 6.07) is 0. The van der Waals surface area contributed by atoms with Crippen molar-refractivity contribution in [2.24, 2.45) is 0 Å². The fourth-order valence-corrected chi connectivity index (χ4v) is 0.901. The van der Waals surface area contributed by atoms with Crippen molar-refractivity contribution in [1.29, 1.82) is 0 Å². The molecule has 0 radical (unpaired) electrons. The zero-order valence-electron chi connectivity index (χ0n) is 7.54. The third kappa shape index (κ3) is 3.25. The molecule has 0 saturated heterocycles. The largest absolute Gasteiger partial charge is 0.385 e. The van der Waals surface area contributed by atoms with Gasteiger partial charge in [0.2, 0.25) is 0 Å². The van der Waals surface area contributed by atoms with Crippen LogP contribution in [-0.4, -0.2) is 30.2 Å². The Balaban J connectivity index is 2.37. The normalized spacial score (nSPS) is 9.92. The summed E-state index contributed by atoms with van der Waals surface area (Å²) in [5.74, 6) is 0.360. The van der Waals surface area contributed by atoms with E-state index >= 15 is 0 Å². The SMILES string of the molecule is COCCCNc1ncc[nH]c1=O. The number of aromatic nitrogens is 2. The molecule has 0 bridgehead atoms. The van der Waals surface area contributed by atoms with E-state index in [1.165, 1.54) is 6.20 Å². The Morgan fingerprint density at radius 3 is 3.23 bits per heavy atom. The highest BCUT2D eigenvalue weighted by atomic mass is 16.5. The third-order valence-corrected chi connectivity index (χ3v) is 1.53. The van der Waals surface area contributed by atoms with E-state index in [1.807, 2.05) is 0 Å². The summed E-state index contributed by atoms with van der Waals surface area (Å²) < 4.78 is 4.86. The molecule has 0 aliphatic rings. The molecule has 0 atom stereocenters. The Bertz CT molecular complexity index is 297. The molecule has 13 heavy (non-hydrogen) atoms. The fourth-order valence-electron chi connectivity index (χ4n) is 0.901. The van der Waals surface area contributed by atoms with Gasteiger partial charge in [-0.2, -0.15) is 0 Å². The van der Waals surface area contributed by atoms with Crippen LogP contribution in [-0.2, 0) is 4.74 Å². The van der Waals surface area contributed by atoms with Crippen LogP contribution in [0.15, 0.2) is 17.2 Å². The van der Waals surface area contributed by atoms with E-state index in [4.69, 9.17) is 4.74 Å². The first-order valence-corrected chi connectivity index (χ1v) is 4.11. The van der Waals surface area contributed by atoms with Gasteiger partial charge in [-0.15, -0.1) is 0 Å². The van der Waals surface area contributed by atoms with Gasteiger partial charge >= 0.3 is 0 Å². The molecule has 1 rings (SSSR count). The molecule has 0 aliphatic heterocycles. The predicted octanol–water partition coefficient (Wildman–Crippen LogP) is 0.218. The van der Waals surface area contributed by atoms with Gasteiger partial charge in [0.1, 0.15) is 0 Å². The number of nitrogens with zero attached hydrogens (tertiary/aromatic N) is 1. The predicted molar refractivity (Wildman–Crippen MR) is 49.8 cm³/mol. The molecule has 72 valence electrons. The molecule has 1 heterocycles. The average Bonchev–Trinajstić information content (AvgIpc) is 2.15. The first-order chi connectivity index (χ1) is 6.34. The molecule has 0 aliphatic carbocycles. The first-order valence-electron chi connectivity index (χ1n) is 4.11. The lowest BCUT2D eigenvalue weighted by Gasteiger charge is -2.02.